The van der Waals surface area contributed by atoms with Crippen LogP contribution in [-0.2, 0) is 17.8 Å². The number of hydrogen-bond acceptors (Lipinski definition) is 6. The normalized spacial score (nSPS) is 10.5. The molecule has 1 heterocycles. The van der Waals surface area contributed by atoms with E-state index in [-0.39, 0.29) is 12.6 Å². The standard InChI is InChI=1S/C16H21ClN4O4/c1-21(16(22)18-8-10-23-2)9-7-14-19-15(25-20-14)11-24-13-5-3-12(17)4-6-13/h3-6H,7-11H2,1-2H3,(H,18,22). The SMILES string of the molecule is COCCNC(=O)N(C)CCc1noc(COc2ccc(Cl)cc2)n1. The lowest BCUT2D eigenvalue weighted by molar-refractivity contribution is 0.185. The molecule has 8 nitrogen and oxygen atoms in total. The maximum absolute atomic E-state index is 11.8. The van der Waals surface area contributed by atoms with E-state index in [2.05, 4.69) is 15.5 Å². The van der Waals surface area contributed by atoms with E-state index < -0.39 is 0 Å². The Morgan fingerprint density at radius 2 is 2.12 bits per heavy atom. The van der Waals surface area contributed by atoms with Gasteiger partial charge in [0.25, 0.3) is 5.89 Å². The second kappa shape index (κ2) is 9.85. The predicted molar refractivity (Wildman–Crippen MR) is 91.7 cm³/mol. The Kier molecular flexibility index (Phi) is 7.49. The molecule has 1 aromatic heterocycles. The number of halogens is 1. The molecule has 2 amide bonds. The van der Waals surface area contributed by atoms with E-state index >= 15 is 0 Å². The molecule has 0 bridgehead atoms. The third-order valence-corrected chi connectivity index (χ3v) is 3.54. The summed E-state index contributed by atoms with van der Waals surface area (Å²) in [5.41, 5.74) is 0. The van der Waals surface area contributed by atoms with E-state index in [9.17, 15) is 4.79 Å². The topological polar surface area (TPSA) is 89.7 Å². The minimum absolute atomic E-state index is 0.169. The van der Waals surface area contributed by atoms with Crippen molar-refractivity contribution in [3.63, 3.8) is 0 Å². The van der Waals surface area contributed by atoms with Crippen LogP contribution in [0.4, 0.5) is 4.79 Å². The van der Waals surface area contributed by atoms with Gasteiger partial charge in [-0.15, -0.1) is 0 Å². The highest BCUT2D eigenvalue weighted by atomic mass is 35.5. The molecule has 0 atom stereocenters. The lowest BCUT2D eigenvalue weighted by Crippen LogP contribution is -2.39. The number of methoxy groups -OCH3 is 1. The van der Waals surface area contributed by atoms with Crippen LogP contribution in [0.15, 0.2) is 28.8 Å². The van der Waals surface area contributed by atoms with Crippen LogP contribution in [0.1, 0.15) is 11.7 Å². The quantitative estimate of drug-likeness (QED) is 0.682. The molecule has 0 radical (unpaired) electrons. The molecule has 0 aliphatic heterocycles. The number of aromatic nitrogens is 2. The van der Waals surface area contributed by atoms with Crippen LogP contribution in [0, 0.1) is 0 Å². The van der Waals surface area contributed by atoms with Crippen LogP contribution in [0.25, 0.3) is 0 Å². The number of amides is 2. The van der Waals surface area contributed by atoms with Crippen molar-refractivity contribution >= 4 is 17.6 Å². The van der Waals surface area contributed by atoms with Crippen molar-refractivity contribution in [2.24, 2.45) is 0 Å². The molecule has 25 heavy (non-hydrogen) atoms. The van der Waals surface area contributed by atoms with Gasteiger partial charge in [-0.3, -0.25) is 0 Å². The van der Waals surface area contributed by atoms with Gasteiger partial charge in [-0.2, -0.15) is 4.98 Å². The largest absolute Gasteiger partial charge is 0.484 e. The van der Waals surface area contributed by atoms with Crippen molar-refractivity contribution in [2.45, 2.75) is 13.0 Å². The van der Waals surface area contributed by atoms with E-state index in [1.807, 2.05) is 0 Å². The molecule has 0 aliphatic rings. The van der Waals surface area contributed by atoms with Gasteiger partial charge in [0, 0.05) is 38.7 Å². The summed E-state index contributed by atoms with van der Waals surface area (Å²) in [5, 5.41) is 7.26. The molecule has 9 heteroatoms. The Bertz CT molecular complexity index is 662. The molecule has 0 saturated heterocycles. The van der Waals surface area contributed by atoms with Crippen LogP contribution >= 0.6 is 11.6 Å². The fraction of sp³-hybridized carbons (Fsp3) is 0.438. The van der Waals surface area contributed by atoms with Crippen molar-refractivity contribution in [3.8, 4) is 5.75 Å². The Morgan fingerprint density at radius 1 is 1.36 bits per heavy atom. The number of benzene rings is 1. The number of nitrogens with zero attached hydrogens (tertiary/aromatic N) is 3. The number of rotatable bonds is 9. The number of likely N-dealkylation sites (N-methyl/N-ethyl adjacent to an activating group) is 1. The van der Waals surface area contributed by atoms with E-state index in [0.717, 1.165) is 0 Å². The molecule has 0 aliphatic carbocycles. The summed E-state index contributed by atoms with van der Waals surface area (Å²) >= 11 is 5.82. The minimum atomic E-state index is -0.174. The average molecular weight is 369 g/mol. The molecule has 2 rings (SSSR count). The van der Waals surface area contributed by atoms with Gasteiger partial charge in [0.1, 0.15) is 5.75 Å². The van der Waals surface area contributed by atoms with E-state index in [0.29, 0.717) is 48.6 Å². The van der Waals surface area contributed by atoms with Gasteiger partial charge in [0.2, 0.25) is 0 Å². The van der Waals surface area contributed by atoms with Crippen molar-refractivity contribution < 1.29 is 18.8 Å². The first kappa shape index (κ1) is 19.0. The van der Waals surface area contributed by atoms with Crippen molar-refractivity contribution in [1.82, 2.24) is 20.4 Å². The number of hydrogen-bond donors (Lipinski definition) is 1. The van der Waals surface area contributed by atoms with Gasteiger partial charge < -0.3 is 24.2 Å². The summed E-state index contributed by atoms with van der Waals surface area (Å²) in [6.45, 7) is 1.58. The summed E-state index contributed by atoms with van der Waals surface area (Å²) in [7, 11) is 3.28. The van der Waals surface area contributed by atoms with Gasteiger partial charge in [-0.1, -0.05) is 16.8 Å². The van der Waals surface area contributed by atoms with E-state index in [4.69, 9.17) is 25.6 Å². The Labute approximate surface area is 151 Å². The van der Waals surface area contributed by atoms with Gasteiger partial charge in [0.15, 0.2) is 12.4 Å². The van der Waals surface area contributed by atoms with Crippen molar-refractivity contribution in [2.75, 3.05) is 33.9 Å². The number of nitrogens with one attached hydrogen (secondary N) is 1. The number of carbonyl (C=O) groups excluding carboxylic acids is 1. The lowest BCUT2D eigenvalue weighted by Gasteiger charge is -2.16. The third kappa shape index (κ3) is 6.60. The number of urea groups is 1. The lowest BCUT2D eigenvalue weighted by atomic mass is 10.3. The van der Waals surface area contributed by atoms with Crippen LogP contribution in [0.5, 0.6) is 5.75 Å². The highest BCUT2D eigenvalue weighted by Gasteiger charge is 2.11. The first-order chi connectivity index (χ1) is 12.1. The van der Waals surface area contributed by atoms with E-state index in [1.165, 1.54) is 0 Å². The number of ether oxygens (including phenoxy) is 2. The van der Waals surface area contributed by atoms with Gasteiger partial charge in [-0.05, 0) is 24.3 Å². The summed E-state index contributed by atoms with van der Waals surface area (Å²) in [6.07, 6.45) is 0.485. The molecule has 136 valence electrons. The smallest absolute Gasteiger partial charge is 0.317 e. The zero-order chi connectivity index (χ0) is 18.1. The molecule has 1 aromatic carbocycles. The highest BCUT2D eigenvalue weighted by molar-refractivity contribution is 6.30. The molecule has 1 N–H and O–H groups in total. The first-order valence-electron chi connectivity index (χ1n) is 7.76. The molecule has 0 spiro atoms. The average Bonchev–Trinajstić information content (AvgIpc) is 3.07. The Morgan fingerprint density at radius 3 is 2.84 bits per heavy atom. The van der Waals surface area contributed by atoms with Crippen LogP contribution in [0.2, 0.25) is 5.02 Å². The fourth-order valence-electron chi connectivity index (χ4n) is 1.89. The second-order valence-electron chi connectivity index (χ2n) is 5.24. The summed E-state index contributed by atoms with van der Waals surface area (Å²) in [5.74, 6) is 1.56. The molecule has 2 aromatic rings. The molecule has 0 fully saturated rings. The minimum Gasteiger partial charge on any atom is -0.484 e. The fourth-order valence-corrected chi connectivity index (χ4v) is 2.02. The van der Waals surface area contributed by atoms with Gasteiger partial charge in [0.05, 0.1) is 6.61 Å². The number of carbonyl (C=O) groups is 1. The predicted octanol–water partition coefficient (Wildman–Crippen LogP) is 2.13. The second-order valence-corrected chi connectivity index (χ2v) is 5.68. The maximum atomic E-state index is 11.8. The van der Waals surface area contributed by atoms with Crippen molar-refractivity contribution in [1.29, 1.82) is 0 Å². The third-order valence-electron chi connectivity index (χ3n) is 3.29. The summed E-state index contributed by atoms with van der Waals surface area (Å²) in [6, 6.07) is 6.83. The summed E-state index contributed by atoms with van der Waals surface area (Å²) in [4.78, 5) is 17.6. The molecule has 0 saturated carbocycles. The highest BCUT2D eigenvalue weighted by Crippen LogP contribution is 2.16. The summed E-state index contributed by atoms with van der Waals surface area (Å²) < 4.78 is 15.6. The maximum Gasteiger partial charge on any atom is 0.317 e. The van der Waals surface area contributed by atoms with Crippen LogP contribution in [-0.4, -0.2) is 54.9 Å². The van der Waals surface area contributed by atoms with E-state index in [1.54, 1.807) is 43.3 Å². The van der Waals surface area contributed by atoms with Crippen LogP contribution < -0.4 is 10.1 Å². The van der Waals surface area contributed by atoms with Crippen molar-refractivity contribution in [3.05, 3.63) is 41.0 Å². The first-order valence-corrected chi connectivity index (χ1v) is 8.14. The van der Waals surface area contributed by atoms with Gasteiger partial charge in [-0.25, -0.2) is 4.79 Å². The zero-order valence-corrected chi connectivity index (χ0v) is 15.0. The molecular formula is C16H21ClN4O4. The molecule has 0 unspecified atom stereocenters. The van der Waals surface area contributed by atoms with Gasteiger partial charge >= 0.3 is 6.03 Å². The zero-order valence-electron chi connectivity index (χ0n) is 14.2. The monoisotopic (exact) mass is 368 g/mol. The Balaban J connectivity index is 1.73. The Hall–Kier alpha value is -2.32. The molecular weight excluding hydrogens is 348 g/mol. The van der Waals surface area contributed by atoms with Crippen LogP contribution in [0.3, 0.4) is 0 Å².